The van der Waals surface area contributed by atoms with Gasteiger partial charge in [-0.3, -0.25) is 19.5 Å². The van der Waals surface area contributed by atoms with Crippen LogP contribution in [0.25, 0.3) is 11.4 Å². The number of ketones is 1. The standard InChI is InChI=1S/C23H24N6O3/c1-29-12-24-23(28-29)16-4-3-5-17(22(16)32-2)27-19-8-14(10-20(31)13-6-7-13)25-18-9-15(11-30)26-21(18)19/h3-5,8,12-13,30H,6-7,9-11H2,1-2H3,(H,25,27). The Morgan fingerprint density at radius 2 is 2.16 bits per heavy atom. The molecule has 0 spiro atoms. The van der Waals surface area contributed by atoms with Crippen LogP contribution in [-0.2, 0) is 24.7 Å². The van der Waals surface area contributed by atoms with Gasteiger partial charge in [0.25, 0.3) is 0 Å². The number of aliphatic hydroxyl groups is 1. The number of aliphatic hydroxyl groups excluding tert-OH is 1. The molecular weight excluding hydrogens is 408 g/mol. The third-order valence-corrected chi connectivity index (χ3v) is 5.66. The van der Waals surface area contributed by atoms with Gasteiger partial charge in [0.15, 0.2) is 11.6 Å². The number of aliphatic imine (C=N–C) groups is 1. The van der Waals surface area contributed by atoms with E-state index in [9.17, 15) is 9.90 Å². The summed E-state index contributed by atoms with van der Waals surface area (Å²) in [6.45, 7) is -0.129. The molecule has 3 aromatic rings. The highest BCUT2D eigenvalue weighted by molar-refractivity contribution is 5.98. The molecule has 2 aliphatic rings. The summed E-state index contributed by atoms with van der Waals surface area (Å²) in [4.78, 5) is 26.0. The van der Waals surface area contributed by atoms with E-state index in [1.54, 1.807) is 18.1 Å². The minimum absolute atomic E-state index is 0.129. The Balaban J connectivity index is 1.54. The Morgan fingerprint density at radius 1 is 1.31 bits per heavy atom. The number of benzene rings is 1. The highest BCUT2D eigenvalue weighted by Gasteiger charge is 2.30. The minimum Gasteiger partial charge on any atom is -0.494 e. The summed E-state index contributed by atoms with van der Waals surface area (Å²) < 4.78 is 7.35. The van der Waals surface area contributed by atoms with Gasteiger partial charge in [0, 0.05) is 25.8 Å². The Hall–Kier alpha value is -3.59. The fourth-order valence-electron chi connectivity index (χ4n) is 3.93. The Morgan fingerprint density at radius 3 is 2.84 bits per heavy atom. The molecule has 2 N–H and O–H groups in total. The van der Waals surface area contributed by atoms with Gasteiger partial charge < -0.3 is 15.2 Å². The summed E-state index contributed by atoms with van der Waals surface area (Å²) in [6, 6.07) is 7.57. The molecule has 1 aliphatic heterocycles. The first-order chi connectivity index (χ1) is 15.6. The normalized spacial score (nSPS) is 14.8. The van der Waals surface area contributed by atoms with Gasteiger partial charge in [-0.2, -0.15) is 5.10 Å². The number of carbonyl (C=O) groups is 1. The molecule has 9 nitrogen and oxygen atoms in total. The number of hydrogen-bond donors (Lipinski definition) is 2. The predicted octanol–water partition coefficient (Wildman–Crippen LogP) is 2.77. The van der Waals surface area contributed by atoms with E-state index >= 15 is 0 Å². The number of Topliss-reactive ketones (excluding diaryl/α,β-unsaturated/α-hetero) is 1. The molecule has 0 atom stereocenters. The summed E-state index contributed by atoms with van der Waals surface area (Å²) in [5.74, 6) is 1.56. The van der Waals surface area contributed by atoms with Crippen LogP contribution < -0.4 is 10.1 Å². The van der Waals surface area contributed by atoms with E-state index in [1.807, 2.05) is 31.3 Å². The SMILES string of the molecule is COc1c(Nc2cc(CC(=O)C3CC3)nc3c2N=C(CO)C3)cccc1-c1ncn(C)n1. The van der Waals surface area contributed by atoms with Crippen LogP contribution in [0, 0.1) is 5.92 Å². The monoisotopic (exact) mass is 432 g/mol. The van der Waals surface area contributed by atoms with E-state index < -0.39 is 0 Å². The molecule has 1 aromatic carbocycles. The number of ether oxygens (including phenoxy) is 1. The molecule has 2 aromatic heterocycles. The average Bonchev–Trinajstić information content (AvgIpc) is 3.42. The number of carbonyl (C=O) groups excluding carboxylic acids is 1. The first kappa shape index (κ1) is 20.3. The lowest BCUT2D eigenvalue weighted by atomic mass is 10.1. The van der Waals surface area contributed by atoms with Crippen molar-refractivity contribution in [1.29, 1.82) is 0 Å². The van der Waals surface area contributed by atoms with Crippen molar-refractivity contribution < 1.29 is 14.6 Å². The van der Waals surface area contributed by atoms with Crippen LogP contribution in [0.2, 0.25) is 0 Å². The lowest BCUT2D eigenvalue weighted by Gasteiger charge is -2.16. The van der Waals surface area contributed by atoms with E-state index in [0.29, 0.717) is 41.5 Å². The zero-order valence-corrected chi connectivity index (χ0v) is 18.0. The molecule has 0 bridgehead atoms. The lowest BCUT2D eigenvalue weighted by molar-refractivity contribution is -0.119. The maximum atomic E-state index is 12.4. The van der Waals surface area contributed by atoms with Crippen LogP contribution in [0.1, 0.15) is 24.2 Å². The summed E-state index contributed by atoms with van der Waals surface area (Å²) in [5.41, 5.74) is 5.00. The maximum Gasteiger partial charge on any atom is 0.184 e. The van der Waals surface area contributed by atoms with Crippen LogP contribution in [0.3, 0.4) is 0 Å². The second kappa shape index (κ2) is 8.16. The van der Waals surface area contributed by atoms with Gasteiger partial charge >= 0.3 is 0 Å². The number of para-hydroxylation sites is 1. The van der Waals surface area contributed by atoms with E-state index in [-0.39, 0.29) is 18.3 Å². The number of rotatable bonds is 8. The van der Waals surface area contributed by atoms with Gasteiger partial charge in [-0.15, -0.1) is 0 Å². The molecule has 0 saturated heterocycles. The van der Waals surface area contributed by atoms with Crippen molar-refractivity contribution >= 4 is 28.6 Å². The minimum atomic E-state index is -0.129. The first-order valence-electron chi connectivity index (χ1n) is 10.6. The molecule has 1 saturated carbocycles. The number of nitrogens with zero attached hydrogens (tertiary/aromatic N) is 5. The van der Waals surface area contributed by atoms with Crippen LogP contribution in [-0.4, -0.2) is 50.1 Å². The molecule has 0 radical (unpaired) electrons. The van der Waals surface area contributed by atoms with Crippen molar-refractivity contribution in [1.82, 2.24) is 19.7 Å². The van der Waals surface area contributed by atoms with Crippen molar-refractivity contribution in [3.05, 3.63) is 42.0 Å². The summed E-state index contributed by atoms with van der Waals surface area (Å²) >= 11 is 0. The third-order valence-electron chi connectivity index (χ3n) is 5.66. The van der Waals surface area contributed by atoms with Crippen molar-refractivity contribution in [2.24, 2.45) is 18.0 Å². The van der Waals surface area contributed by atoms with Crippen molar-refractivity contribution in [2.45, 2.75) is 25.7 Å². The number of pyridine rings is 1. The number of hydrogen-bond acceptors (Lipinski definition) is 8. The zero-order chi connectivity index (χ0) is 22.2. The van der Waals surface area contributed by atoms with Crippen molar-refractivity contribution in [3.63, 3.8) is 0 Å². The fourth-order valence-corrected chi connectivity index (χ4v) is 3.93. The fraction of sp³-hybridized carbons (Fsp3) is 0.348. The molecule has 1 aliphatic carbocycles. The largest absolute Gasteiger partial charge is 0.494 e. The number of fused-ring (bicyclic) bond motifs is 1. The lowest BCUT2D eigenvalue weighted by Crippen LogP contribution is -2.09. The molecule has 1 fully saturated rings. The van der Waals surface area contributed by atoms with Crippen LogP contribution in [0.5, 0.6) is 5.75 Å². The topological polar surface area (TPSA) is 115 Å². The summed E-state index contributed by atoms with van der Waals surface area (Å²) in [5, 5.41) is 17.4. The van der Waals surface area contributed by atoms with Crippen LogP contribution in [0.4, 0.5) is 17.1 Å². The van der Waals surface area contributed by atoms with E-state index in [4.69, 9.17) is 4.74 Å². The quantitative estimate of drug-likeness (QED) is 0.562. The van der Waals surface area contributed by atoms with Crippen LogP contribution >= 0.6 is 0 Å². The van der Waals surface area contributed by atoms with Gasteiger partial charge in [-0.25, -0.2) is 4.98 Å². The highest BCUT2D eigenvalue weighted by atomic mass is 16.5. The summed E-state index contributed by atoms with van der Waals surface area (Å²) in [7, 11) is 3.41. The van der Waals surface area contributed by atoms with E-state index in [2.05, 4.69) is 25.4 Å². The molecule has 0 unspecified atom stereocenters. The Labute approximate surface area is 185 Å². The van der Waals surface area contributed by atoms with E-state index in [1.165, 1.54) is 0 Å². The van der Waals surface area contributed by atoms with E-state index in [0.717, 1.165) is 35.5 Å². The molecule has 3 heterocycles. The smallest absolute Gasteiger partial charge is 0.184 e. The third kappa shape index (κ3) is 3.87. The van der Waals surface area contributed by atoms with Gasteiger partial charge in [0.2, 0.25) is 0 Å². The number of aryl methyl sites for hydroxylation is 1. The highest BCUT2D eigenvalue weighted by Crippen LogP contribution is 2.41. The first-order valence-corrected chi connectivity index (χ1v) is 10.6. The predicted molar refractivity (Wildman–Crippen MR) is 120 cm³/mol. The zero-order valence-electron chi connectivity index (χ0n) is 18.0. The van der Waals surface area contributed by atoms with Gasteiger partial charge in [-0.05, 0) is 31.0 Å². The van der Waals surface area contributed by atoms with Gasteiger partial charge in [0.1, 0.15) is 17.8 Å². The molecule has 5 rings (SSSR count). The molecule has 164 valence electrons. The van der Waals surface area contributed by atoms with Crippen LogP contribution in [0.15, 0.2) is 35.6 Å². The molecule has 32 heavy (non-hydrogen) atoms. The Kier molecular flexibility index (Phi) is 5.18. The second-order valence-corrected chi connectivity index (χ2v) is 8.14. The van der Waals surface area contributed by atoms with Crippen molar-refractivity contribution in [3.8, 4) is 17.1 Å². The molecule has 9 heteroatoms. The second-order valence-electron chi connectivity index (χ2n) is 8.14. The number of methoxy groups -OCH3 is 1. The number of anilines is 2. The van der Waals surface area contributed by atoms with Gasteiger partial charge in [0.05, 0.1) is 47.8 Å². The number of nitrogens with one attached hydrogen (secondary N) is 1. The molecule has 0 amide bonds. The maximum absolute atomic E-state index is 12.4. The number of aromatic nitrogens is 4. The van der Waals surface area contributed by atoms with Gasteiger partial charge in [-0.1, -0.05) is 6.07 Å². The summed E-state index contributed by atoms with van der Waals surface area (Å²) in [6.07, 6.45) is 4.35. The Bertz CT molecular complexity index is 1230. The molecular formula is C23H24N6O3. The van der Waals surface area contributed by atoms with Crippen molar-refractivity contribution in [2.75, 3.05) is 19.0 Å². The average molecular weight is 432 g/mol.